The molecule has 0 radical (unpaired) electrons. The van der Waals surface area contributed by atoms with Crippen LogP contribution in [0.3, 0.4) is 0 Å². The van der Waals surface area contributed by atoms with Crippen molar-refractivity contribution < 1.29 is 38.6 Å². The van der Waals surface area contributed by atoms with Gasteiger partial charge in [0.05, 0.1) is 19.8 Å². The quantitative estimate of drug-likeness (QED) is 0.245. The van der Waals surface area contributed by atoms with Crippen molar-refractivity contribution in [3.63, 3.8) is 0 Å². The van der Waals surface area contributed by atoms with Crippen LogP contribution in [0.2, 0.25) is 0 Å². The van der Waals surface area contributed by atoms with Crippen molar-refractivity contribution in [2.75, 3.05) is 19.8 Å². The number of allylic oxidation sites excluding steroid dienone is 1. The van der Waals surface area contributed by atoms with Gasteiger partial charge in [-0.3, -0.25) is 9.32 Å². The van der Waals surface area contributed by atoms with E-state index in [1.807, 2.05) is 0 Å². The van der Waals surface area contributed by atoms with Crippen LogP contribution in [0.25, 0.3) is 0 Å². The molecule has 126 valence electrons. The molecule has 6 N–H and O–H groups in total. The number of ether oxygens (including phenoxy) is 1. The second-order valence-corrected chi connectivity index (χ2v) is 5.63. The van der Waals surface area contributed by atoms with Gasteiger partial charge in [-0.05, 0) is 6.42 Å². The van der Waals surface area contributed by atoms with Crippen LogP contribution < -0.4 is 5.73 Å². The van der Waals surface area contributed by atoms with Gasteiger partial charge >= 0.3 is 7.82 Å². The molecule has 0 bridgehead atoms. The van der Waals surface area contributed by atoms with Crippen molar-refractivity contribution in [1.82, 2.24) is 4.90 Å². The van der Waals surface area contributed by atoms with Crippen LogP contribution in [0.15, 0.2) is 24.0 Å². The summed E-state index contributed by atoms with van der Waals surface area (Å²) in [6.07, 6.45) is 2.46. The first kappa shape index (κ1) is 18.8. The largest absolute Gasteiger partial charge is 0.469 e. The molecule has 0 fully saturated rings. The highest BCUT2D eigenvalue weighted by atomic mass is 31.2. The SMILES string of the molecule is NC(=O)C1=CN(C(OCCOP(=O)(O)O)[C@@H](O)CO)C=CC1. The summed E-state index contributed by atoms with van der Waals surface area (Å²) in [5.74, 6) is -0.628. The molecule has 1 aliphatic rings. The van der Waals surface area contributed by atoms with E-state index in [0.29, 0.717) is 6.42 Å². The van der Waals surface area contributed by atoms with E-state index in [0.717, 1.165) is 0 Å². The number of amides is 1. The van der Waals surface area contributed by atoms with E-state index in [4.69, 9.17) is 25.4 Å². The molecular formula is C11H19N2O8P. The van der Waals surface area contributed by atoms with E-state index < -0.39 is 39.3 Å². The average molecular weight is 338 g/mol. The molecule has 1 heterocycles. The Bertz CT molecular complexity index is 488. The molecule has 10 nitrogen and oxygen atoms in total. The van der Waals surface area contributed by atoms with Crippen molar-refractivity contribution >= 4 is 13.7 Å². The van der Waals surface area contributed by atoms with Crippen LogP contribution >= 0.6 is 7.82 Å². The van der Waals surface area contributed by atoms with Crippen LogP contribution in [0, 0.1) is 0 Å². The van der Waals surface area contributed by atoms with E-state index in [1.165, 1.54) is 17.3 Å². The van der Waals surface area contributed by atoms with Crippen LogP contribution in [0.5, 0.6) is 0 Å². The summed E-state index contributed by atoms with van der Waals surface area (Å²) < 4.78 is 20.0. The van der Waals surface area contributed by atoms with E-state index in [-0.39, 0.29) is 12.2 Å². The average Bonchev–Trinajstić information content (AvgIpc) is 2.45. The fourth-order valence-corrected chi connectivity index (χ4v) is 2.02. The Morgan fingerprint density at radius 2 is 2.14 bits per heavy atom. The first-order chi connectivity index (χ1) is 10.2. The minimum atomic E-state index is -4.60. The molecule has 1 aliphatic heterocycles. The van der Waals surface area contributed by atoms with Gasteiger partial charge in [-0.2, -0.15) is 0 Å². The molecule has 2 atom stereocenters. The Hall–Kier alpha value is -1.26. The van der Waals surface area contributed by atoms with Crippen molar-refractivity contribution in [3.8, 4) is 0 Å². The van der Waals surface area contributed by atoms with Gasteiger partial charge in [0.2, 0.25) is 5.91 Å². The van der Waals surface area contributed by atoms with Gasteiger partial charge in [0.25, 0.3) is 0 Å². The van der Waals surface area contributed by atoms with E-state index in [1.54, 1.807) is 6.08 Å². The van der Waals surface area contributed by atoms with Crippen molar-refractivity contribution in [1.29, 1.82) is 0 Å². The normalized spacial score (nSPS) is 18.0. The van der Waals surface area contributed by atoms with Gasteiger partial charge in [-0.1, -0.05) is 6.08 Å². The Kier molecular flexibility index (Phi) is 7.17. The molecule has 0 aromatic carbocycles. The second kappa shape index (κ2) is 8.39. The van der Waals surface area contributed by atoms with E-state index in [2.05, 4.69) is 4.52 Å². The monoisotopic (exact) mass is 338 g/mol. The maximum absolute atomic E-state index is 11.2. The van der Waals surface area contributed by atoms with Gasteiger partial charge < -0.3 is 35.4 Å². The molecule has 0 aliphatic carbocycles. The summed E-state index contributed by atoms with van der Waals surface area (Å²) in [6, 6.07) is 0. The fraction of sp³-hybridized carbons (Fsp3) is 0.545. The molecule has 0 aromatic heterocycles. The number of phosphoric acid groups is 1. The molecule has 1 rings (SSSR count). The predicted molar refractivity (Wildman–Crippen MR) is 73.7 cm³/mol. The number of rotatable bonds is 9. The lowest BCUT2D eigenvalue weighted by Crippen LogP contribution is -2.43. The smallest absolute Gasteiger partial charge is 0.394 e. The summed E-state index contributed by atoms with van der Waals surface area (Å²) in [5, 5.41) is 18.8. The first-order valence-corrected chi connectivity index (χ1v) is 7.83. The van der Waals surface area contributed by atoms with E-state index in [9.17, 15) is 14.5 Å². The Morgan fingerprint density at radius 1 is 1.45 bits per heavy atom. The van der Waals surface area contributed by atoms with E-state index >= 15 is 0 Å². The third-order valence-corrected chi connectivity index (χ3v) is 3.20. The van der Waals surface area contributed by atoms with Crippen molar-refractivity contribution in [2.24, 2.45) is 5.73 Å². The summed E-state index contributed by atoms with van der Waals surface area (Å²) in [5.41, 5.74) is 5.47. The number of hydrogen-bond acceptors (Lipinski definition) is 7. The molecule has 22 heavy (non-hydrogen) atoms. The maximum Gasteiger partial charge on any atom is 0.469 e. The summed E-state index contributed by atoms with van der Waals surface area (Å²) in [7, 11) is -4.60. The summed E-state index contributed by atoms with van der Waals surface area (Å²) in [4.78, 5) is 29.6. The molecule has 1 unspecified atom stereocenters. The molecule has 0 spiro atoms. The number of nitrogens with two attached hydrogens (primary N) is 1. The fourth-order valence-electron chi connectivity index (χ4n) is 1.71. The number of aliphatic hydroxyl groups excluding tert-OH is 2. The molecule has 11 heteroatoms. The molecular weight excluding hydrogens is 319 g/mol. The van der Waals surface area contributed by atoms with Gasteiger partial charge in [0.15, 0.2) is 6.23 Å². The lowest BCUT2D eigenvalue weighted by Gasteiger charge is -2.32. The number of primary amides is 1. The molecule has 0 saturated heterocycles. The first-order valence-electron chi connectivity index (χ1n) is 6.30. The molecule has 0 saturated carbocycles. The second-order valence-electron chi connectivity index (χ2n) is 4.39. The predicted octanol–water partition coefficient (Wildman–Crippen LogP) is -1.62. The van der Waals surface area contributed by atoms with Crippen LogP contribution in [0.1, 0.15) is 6.42 Å². The standard InChI is InChI=1S/C11H19N2O8P/c12-10(16)8-2-1-3-13(6-8)11(9(15)7-14)20-4-5-21-22(17,18)19/h1,3,6,9,11,14-15H,2,4-5,7H2,(H2,12,16)(H2,17,18,19)/t9-,11?/m0/s1. The van der Waals surface area contributed by atoms with Crippen LogP contribution in [-0.4, -0.2) is 63.0 Å². The van der Waals surface area contributed by atoms with Gasteiger partial charge in [-0.15, -0.1) is 0 Å². The molecule has 0 aromatic rings. The number of phosphoric ester groups is 1. The van der Waals surface area contributed by atoms with Crippen molar-refractivity contribution in [2.45, 2.75) is 18.8 Å². The highest BCUT2D eigenvalue weighted by Gasteiger charge is 2.26. The molecule has 1 amide bonds. The van der Waals surface area contributed by atoms with Gasteiger partial charge in [0, 0.05) is 18.0 Å². The van der Waals surface area contributed by atoms with Gasteiger partial charge in [-0.25, -0.2) is 4.57 Å². The Balaban J connectivity index is 2.68. The highest BCUT2D eigenvalue weighted by molar-refractivity contribution is 7.46. The maximum atomic E-state index is 11.2. The van der Waals surface area contributed by atoms with Crippen LogP contribution in [-0.2, 0) is 18.6 Å². The zero-order chi connectivity index (χ0) is 16.8. The zero-order valence-electron chi connectivity index (χ0n) is 11.6. The topological polar surface area (TPSA) is 163 Å². The number of nitrogens with zero attached hydrogens (tertiary/aromatic N) is 1. The number of carbonyl (C=O) groups excluding carboxylic acids is 1. The minimum absolute atomic E-state index is 0.253. The Morgan fingerprint density at radius 3 is 2.68 bits per heavy atom. The summed E-state index contributed by atoms with van der Waals surface area (Å²) >= 11 is 0. The third kappa shape index (κ3) is 6.24. The Labute approximate surface area is 126 Å². The summed E-state index contributed by atoms with van der Waals surface area (Å²) in [6.45, 7) is -1.28. The third-order valence-electron chi connectivity index (χ3n) is 2.68. The highest BCUT2D eigenvalue weighted by Crippen LogP contribution is 2.35. The van der Waals surface area contributed by atoms with Gasteiger partial charge in [0.1, 0.15) is 6.10 Å². The van der Waals surface area contributed by atoms with Crippen molar-refractivity contribution in [3.05, 3.63) is 24.0 Å². The van der Waals surface area contributed by atoms with Crippen LogP contribution in [0.4, 0.5) is 0 Å². The lowest BCUT2D eigenvalue weighted by atomic mass is 10.1. The number of carbonyl (C=O) groups is 1. The lowest BCUT2D eigenvalue weighted by molar-refractivity contribution is -0.117. The number of aliphatic hydroxyl groups is 2. The zero-order valence-corrected chi connectivity index (χ0v) is 12.5. The number of hydrogen-bond donors (Lipinski definition) is 5. The minimum Gasteiger partial charge on any atom is -0.394 e.